The first kappa shape index (κ1) is 14.7. The minimum absolute atomic E-state index is 0.158. The summed E-state index contributed by atoms with van der Waals surface area (Å²) in [5.41, 5.74) is 0.0430. The molecule has 2 rings (SSSR count). The fourth-order valence-corrected chi connectivity index (χ4v) is 2.58. The lowest BCUT2D eigenvalue weighted by Crippen LogP contribution is -2.41. The maximum Gasteiger partial charge on any atom is 0.246 e. The third kappa shape index (κ3) is 3.90. The number of amides is 1. The van der Waals surface area contributed by atoms with Crippen LogP contribution in [0.4, 0.5) is 4.39 Å². The first-order chi connectivity index (χ1) is 9.48. The molecule has 1 fully saturated rings. The van der Waals surface area contributed by atoms with Gasteiger partial charge in [-0.25, -0.2) is 4.39 Å². The van der Waals surface area contributed by atoms with Gasteiger partial charge in [0.15, 0.2) is 0 Å². The van der Waals surface area contributed by atoms with Crippen LogP contribution in [0.25, 0.3) is 6.08 Å². The van der Waals surface area contributed by atoms with E-state index in [2.05, 4.69) is 0 Å². The van der Waals surface area contributed by atoms with Crippen molar-refractivity contribution >= 4 is 12.0 Å². The number of carbonyl (C=O) groups excluding carboxylic acids is 1. The minimum Gasteiger partial charge on any atom is -0.388 e. The molecule has 0 aromatic heterocycles. The van der Waals surface area contributed by atoms with Crippen LogP contribution in [-0.2, 0) is 4.79 Å². The highest BCUT2D eigenvalue weighted by molar-refractivity contribution is 5.91. The summed E-state index contributed by atoms with van der Waals surface area (Å²) in [5.74, 6) is -0.455. The van der Waals surface area contributed by atoms with Crippen LogP contribution < -0.4 is 0 Å². The molecule has 20 heavy (non-hydrogen) atoms. The molecule has 4 heteroatoms. The number of carbonyl (C=O) groups is 1. The number of likely N-dealkylation sites (N-methyl/N-ethyl adjacent to an activating group) is 1. The van der Waals surface area contributed by atoms with Crippen molar-refractivity contribution in [3.8, 4) is 0 Å². The first-order valence-corrected chi connectivity index (χ1v) is 6.90. The molecule has 0 spiro atoms. The van der Waals surface area contributed by atoms with Gasteiger partial charge in [-0.2, -0.15) is 0 Å². The molecule has 1 aliphatic carbocycles. The van der Waals surface area contributed by atoms with Gasteiger partial charge in [0.05, 0.1) is 5.60 Å². The summed E-state index contributed by atoms with van der Waals surface area (Å²) in [5, 5.41) is 10.3. The number of aliphatic hydroxyl groups is 1. The quantitative estimate of drug-likeness (QED) is 0.859. The van der Waals surface area contributed by atoms with Crippen LogP contribution in [0.15, 0.2) is 30.3 Å². The molecule has 0 saturated heterocycles. The van der Waals surface area contributed by atoms with E-state index in [4.69, 9.17) is 0 Å². The Bertz CT molecular complexity index is 490. The van der Waals surface area contributed by atoms with E-state index in [0.717, 1.165) is 31.2 Å². The summed E-state index contributed by atoms with van der Waals surface area (Å²) in [6, 6.07) is 5.94. The normalized spacial score (nSPS) is 17.6. The van der Waals surface area contributed by atoms with E-state index in [1.54, 1.807) is 25.3 Å². The Balaban J connectivity index is 1.92. The second-order valence-electron chi connectivity index (χ2n) is 5.51. The summed E-state index contributed by atoms with van der Waals surface area (Å²) in [7, 11) is 1.69. The molecule has 1 amide bonds. The molecule has 1 aromatic carbocycles. The molecule has 1 N–H and O–H groups in total. The van der Waals surface area contributed by atoms with Gasteiger partial charge in [-0.3, -0.25) is 4.79 Å². The van der Waals surface area contributed by atoms with Crippen LogP contribution >= 0.6 is 0 Å². The van der Waals surface area contributed by atoms with E-state index in [0.29, 0.717) is 6.54 Å². The smallest absolute Gasteiger partial charge is 0.246 e. The maximum absolute atomic E-state index is 12.8. The predicted octanol–water partition coefficient (Wildman–Crippen LogP) is 2.60. The lowest BCUT2D eigenvalue weighted by molar-refractivity contribution is -0.127. The zero-order valence-electron chi connectivity index (χ0n) is 11.7. The second kappa shape index (κ2) is 6.18. The summed E-state index contributed by atoms with van der Waals surface area (Å²) < 4.78 is 12.8. The van der Waals surface area contributed by atoms with E-state index in [-0.39, 0.29) is 11.7 Å². The van der Waals surface area contributed by atoms with Gasteiger partial charge < -0.3 is 10.0 Å². The van der Waals surface area contributed by atoms with Crippen molar-refractivity contribution in [2.45, 2.75) is 31.3 Å². The molecule has 0 heterocycles. The average molecular weight is 277 g/mol. The Hall–Kier alpha value is -1.68. The highest BCUT2D eigenvalue weighted by Crippen LogP contribution is 2.29. The largest absolute Gasteiger partial charge is 0.388 e. The van der Waals surface area contributed by atoms with Crippen LogP contribution in [0.2, 0.25) is 0 Å². The number of rotatable bonds is 4. The summed E-state index contributed by atoms with van der Waals surface area (Å²) in [6.07, 6.45) is 6.65. The Morgan fingerprint density at radius 2 is 1.95 bits per heavy atom. The van der Waals surface area contributed by atoms with Gasteiger partial charge in [0.2, 0.25) is 5.91 Å². The van der Waals surface area contributed by atoms with Crippen LogP contribution in [0.3, 0.4) is 0 Å². The van der Waals surface area contributed by atoms with Gasteiger partial charge in [-0.1, -0.05) is 25.0 Å². The third-order valence-corrected chi connectivity index (χ3v) is 3.73. The van der Waals surface area contributed by atoms with Crippen LogP contribution in [-0.4, -0.2) is 35.1 Å². The molecular formula is C16H20FNO2. The van der Waals surface area contributed by atoms with Crippen molar-refractivity contribution in [3.05, 3.63) is 41.7 Å². The second-order valence-corrected chi connectivity index (χ2v) is 5.51. The van der Waals surface area contributed by atoms with E-state index in [1.165, 1.54) is 23.1 Å². The highest BCUT2D eigenvalue weighted by atomic mass is 19.1. The topological polar surface area (TPSA) is 40.5 Å². The Labute approximate surface area is 118 Å². The molecule has 108 valence electrons. The van der Waals surface area contributed by atoms with E-state index < -0.39 is 5.60 Å². The van der Waals surface area contributed by atoms with Crippen molar-refractivity contribution < 1.29 is 14.3 Å². The Morgan fingerprint density at radius 1 is 1.35 bits per heavy atom. The highest BCUT2D eigenvalue weighted by Gasteiger charge is 2.32. The lowest BCUT2D eigenvalue weighted by atomic mass is 10.0. The van der Waals surface area contributed by atoms with Gasteiger partial charge in [0.1, 0.15) is 5.82 Å². The number of hydrogen-bond donors (Lipinski definition) is 1. The molecule has 1 saturated carbocycles. The Kier molecular flexibility index (Phi) is 4.55. The molecule has 0 aliphatic heterocycles. The molecular weight excluding hydrogens is 257 g/mol. The molecule has 0 atom stereocenters. The Morgan fingerprint density at radius 3 is 2.55 bits per heavy atom. The fourth-order valence-electron chi connectivity index (χ4n) is 2.58. The standard InChI is InChI=1S/C16H20FNO2/c1-18(12-16(20)10-2-3-11-16)15(19)9-6-13-4-7-14(17)8-5-13/h4-9,20H,2-3,10-12H2,1H3/b9-6+. The third-order valence-electron chi connectivity index (χ3n) is 3.73. The van der Waals surface area contributed by atoms with Crippen molar-refractivity contribution in [1.29, 1.82) is 0 Å². The SMILES string of the molecule is CN(CC1(O)CCCC1)C(=O)/C=C/c1ccc(F)cc1. The van der Waals surface area contributed by atoms with Gasteiger partial charge >= 0.3 is 0 Å². The minimum atomic E-state index is -0.728. The van der Waals surface area contributed by atoms with Crippen LogP contribution in [0, 0.1) is 5.82 Å². The van der Waals surface area contributed by atoms with E-state index >= 15 is 0 Å². The van der Waals surface area contributed by atoms with Crippen molar-refractivity contribution in [1.82, 2.24) is 4.90 Å². The number of hydrogen-bond acceptors (Lipinski definition) is 2. The summed E-state index contributed by atoms with van der Waals surface area (Å²) in [4.78, 5) is 13.5. The molecule has 1 aliphatic rings. The predicted molar refractivity (Wildman–Crippen MR) is 76.5 cm³/mol. The summed E-state index contributed by atoms with van der Waals surface area (Å²) >= 11 is 0. The van der Waals surface area contributed by atoms with Gasteiger partial charge in [0, 0.05) is 19.7 Å². The van der Waals surface area contributed by atoms with Crippen molar-refractivity contribution in [3.63, 3.8) is 0 Å². The van der Waals surface area contributed by atoms with Gasteiger partial charge in [0.25, 0.3) is 0 Å². The van der Waals surface area contributed by atoms with E-state index in [9.17, 15) is 14.3 Å². The van der Waals surface area contributed by atoms with Gasteiger partial charge in [-0.15, -0.1) is 0 Å². The zero-order chi connectivity index (χ0) is 14.6. The number of nitrogens with zero attached hydrogens (tertiary/aromatic N) is 1. The molecule has 0 radical (unpaired) electrons. The van der Waals surface area contributed by atoms with Crippen molar-refractivity contribution in [2.24, 2.45) is 0 Å². The first-order valence-electron chi connectivity index (χ1n) is 6.90. The van der Waals surface area contributed by atoms with Crippen molar-refractivity contribution in [2.75, 3.05) is 13.6 Å². The number of halogens is 1. The lowest BCUT2D eigenvalue weighted by Gasteiger charge is -2.27. The fraction of sp³-hybridized carbons (Fsp3) is 0.438. The van der Waals surface area contributed by atoms with Gasteiger partial charge in [-0.05, 0) is 36.6 Å². The molecule has 3 nitrogen and oxygen atoms in total. The monoisotopic (exact) mass is 277 g/mol. The molecule has 1 aromatic rings. The molecule has 0 bridgehead atoms. The van der Waals surface area contributed by atoms with Crippen LogP contribution in [0.5, 0.6) is 0 Å². The maximum atomic E-state index is 12.8. The van der Waals surface area contributed by atoms with Crippen LogP contribution in [0.1, 0.15) is 31.2 Å². The average Bonchev–Trinajstić information content (AvgIpc) is 2.84. The number of benzene rings is 1. The zero-order valence-corrected chi connectivity index (χ0v) is 11.7. The molecule has 0 unspecified atom stereocenters. The summed E-state index contributed by atoms with van der Waals surface area (Å²) in [6.45, 7) is 0.361. The van der Waals surface area contributed by atoms with E-state index in [1.807, 2.05) is 0 Å².